The maximum atomic E-state index is 11.3. The Balaban J connectivity index is 3.70. The lowest BCUT2D eigenvalue weighted by molar-refractivity contribution is 0.115. The zero-order valence-corrected chi connectivity index (χ0v) is 20.5. The van der Waals surface area contributed by atoms with Gasteiger partial charge in [0.1, 0.15) is 0 Å². The number of hydrogen-bond donors (Lipinski definition) is 2. The summed E-state index contributed by atoms with van der Waals surface area (Å²) >= 11 is 0. The van der Waals surface area contributed by atoms with E-state index in [4.69, 9.17) is 4.52 Å². The number of rotatable bonds is 23. The van der Waals surface area contributed by atoms with Crippen LogP contribution in [0.1, 0.15) is 149 Å². The van der Waals surface area contributed by atoms with Crippen LogP contribution in [0.2, 0.25) is 0 Å². The van der Waals surface area contributed by atoms with Gasteiger partial charge in [-0.1, -0.05) is 136 Å². The van der Waals surface area contributed by atoms with E-state index in [-0.39, 0.29) is 6.10 Å². The molecule has 29 heavy (non-hydrogen) atoms. The molecule has 1 atom stereocenters. The van der Waals surface area contributed by atoms with Gasteiger partial charge in [-0.2, -0.15) is 0 Å². The van der Waals surface area contributed by atoms with E-state index >= 15 is 0 Å². The van der Waals surface area contributed by atoms with Gasteiger partial charge in [-0.25, -0.2) is 4.57 Å². The third-order valence-electron chi connectivity index (χ3n) is 5.80. The van der Waals surface area contributed by atoms with E-state index in [9.17, 15) is 14.4 Å². The van der Waals surface area contributed by atoms with Crippen molar-refractivity contribution in [3.63, 3.8) is 0 Å². The fraction of sp³-hybridized carbons (Fsp3) is 1.00. The summed E-state index contributed by atoms with van der Waals surface area (Å²) in [6.07, 6.45) is 25.4. The Morgan fingerprint density at radius 3 is 1.10 bits per heavy atom. The molecule has 0 rings (SSSR count). The van der Waals surface area contributed by atoms with E-state index in [1.54, 1.807) is 0 Å². The highest BCUT2D eigenvalue weighted by Gasteiger charge is 2.21. The van der Waals surface area contributed by atoms with E-state index < -0.39 is 7.82 Å². The summed E-state index contributed by atoms with van der Waals surface area (Å²) in [6.45, 7) is 4.49. The molecule has 0 saturated heterocycles. The first-order chi connectivity index (χ1) is 14.0. The van der Waals surface area contributed by atoms with E-state index in [0.29, 0.717) is 0 Å². The molecule has 0 aromatic heterocycles. The minimum atomic E-state index is -4.38. The van der Waals surface area contributed by atoms with Gasteiger partial charge in [0.25, 0.3) is 0 Å². The van der Waals surface area contributed by atoms with Crippen LogP contribution in [0.25, 0.3) is 0 Å². The highest BCUT2D eigenvalue weighted by Crippen LogP contribution is 2.39. The van der Waals surface area contributed by atoms with Crippen molar-refractivity contribution < 1.29 is 18.9 Å². The fourth-order valence-electron chi connectivity index (χ4n) is 3.99. The minimum absolute atomic E-state index is 0.283. The molecule has 0 spiro atoms. The summed E-state index contributed by atoms with van der Waals surface area (Å²) in [4.78, 5) is 18.4. The van der Waals surface area contributed by atoms with Crippen LogP contribution < -0.4 is 0 Å². The van der Waals surface area contributed by atoms with Crippen molar-refractivity contribution in [3.8, 4) is 0 Å². The van der Waals surface area contributed by atoms with Crippen LogP contribution in [0.3, 0.4) is 0 Å². The average molecular weight is 435 g/mol. The molecule has 5 heteroatoms. The lowest BCUT2D eigenvalue weighted by atomic mass is 10.0. The Bertz CT molecular complexity index is 370. The summed E-state index contributed by atoms with van der Waals surface area (Å²) in [6, 6.07) is 0. The zero-order valence-electron chi connectivity index (χ0n) is 19.6. The van der Waals surface area contributed by atoms with Crippen LogP contribution in [0, 0.1) is 0 Å². The smallest absolute Gasteiger partial charge is 0.303 e. The highest BCUT2D eigenvalue weighted by molar-refractivity contribution is 7.46. The third-order valence-corrected chi connectivity index (χ3v) is 6.37. The van der Waals surface area contributed by atoms with Gasteiger partial charge in [-0.15, -0.1) is 0 Å². The Hall–Kier alpha value is 0.110. The third kappa shape index (κ3) is 24.3. The van der Waals surface area contributed by atoms with Crippen LogP contribution in [-0.4, -0.2) is 15.9 Å². The lowest BCUT2D eigenvalue weighted by Gasteiger charge is -2.18. The van der Waals surface area contributed by atoms with E-state index in [2.05, 4.69) is 13.8 Å². The standard InChI is InChI=1S/C24H51O4P/c1-3-5-7-9-11-13-14-15-17-19-21-23-24(28-29(25,26)27)22-20-18-16-12-10-8-6-4-2/h24H,3-23H2,1-2H3,(H2,25,26,27). The maximum Gasteiger partial charge on any atom is 0.469 e. The van der Waals surface area contributed by atoms with Crippen molar-refractivity contribution in [2.75, 3.05) is 0 Å². The van der Waals surface area contributed by atoms with Gasteiger partial charge in [-0.05, 0) is 12.8 Å². The monoisotopic (exact) mass is 434 g/mol. The molecule has 0 aliphatic carbocycles. The maximum absolute atomic E-state index is 11.3. The first-order valence-corrected chi connectivity index (χ1v) is 14.3. The summed E-state index contributed by atoms with van der Waals surface area (Å²) in [7, 11) is -4.38. The molecule has 0 radical (unpaired) electrons. The van der Waals surface area contributed by atoms with E-state index in [1.807, 2.05) is 0 Å². The van der Waals surface area contributed by atoms with Gasteiger partial charge in [0.15, 0.2) is 0 Å². The second kappa shape index (κ2) is 21.3. The van der Waals surface area contributed by atoms with Crippen molar-refractivity contribution in [2.24, 2.45) is 0 Å². The fourth-order valence-corrected chi connectivity index (χ4v) is 4.59. The van der Waals surface area contributed by atoms with Crippen molar-refractivity contribution >= 4 is 7.82 Å². The quantitative estimate of drug-likeness (QED) is 0.125. The van der Waals surface area contributed by atoms with Crippen LogP contribution in [0.15, 0.2) is 0 Å². The normalized spacial score (nSPS) is 13.1. The number of phosphoric acid groups is 1. The summed E-state index contributed by atoms with van der Waals surface area (Å²) in [5.74, 6) is 0. The second-order valence-corrected chi connectivity index (χ2v) is 10.00. The molecule has 0 saturated carbocycles. The van der Waals surface area contributed by atoms with Crippen LogP contribution >= 0.6 is 7.82 Å². The molecule has 0 fully saturated rings. The molecule has 0 aromatic rings. The Morgan fingerprint density at radius 2 is 0.828 bits per heavy atom. The predicted molar refractivity (Wildman–Crippen MR) is 125 cm³/mol. The first-order valence-electron chi connectivity index (χ1n) is 12.7. The first kappa shape index (κ1) is 29.1. The SMILES string of the molecule is CCCCCCCCCCCCCC(CCCCCCCCCC)OP(=O)(O)O. The Morgan fingerprint density at radius 1 is 0.552 bits per heavy atom. The van der Waals surface area contributed by atoms with Crippen LogP contribution in [0.4, 0.5) is 0 Å². The van der Waals surface area contributed by atoms with Crippen LogP contribution in [0.5, 0.6) is 0 Å². The van der Waals surface area contributed by atoms with Gasteiger partial charge in [0.05, 0.1) is 6.10 Å². The summed E-state index contributed by atoms with van der Waals surface area (Å²) in [5.41, 5.74) is 0. The number of unbranched alkanes of at least 4 members (excludes halogenated alkanes) is 17. The highest BCUT2D eigenvalue weighted by atomic mass is 31.2. The minimum Gasteiger partial charge on any atom is -0.303 e. The van der Waals surface area contributed by atoms with Gasteiger partial charge >= 0.3 is 7.82 Å². The molecule has 4 nitrogen and oxygen atoms in total. The Labute approximate surface area is 181 Å². The molecule has 2 N–H and O–H groups in total. The topological polar surface area (TPSA) is 66.8 Å². The average Bonchev–Trinajstić information content (AvgIpc) is 2.66. The van der Waals surface area contributed by atoms with Crippen LogP contribution in [-0.2, 0) is 9.09 Å². The molecule has 0 amide bonds. The molecule has 0 aliphatic heterocycles. The molecular weight excluding hydrogens is 383 g/mol. The van der Waals surface area contributed by atoms with Gasteiger partial charge < -0.3 is 9.79 Å². The van der Waals surface area contributed by atoms with Crippen molar-refractivity contribution in [3.05, 3.63) is 0 Å². The second-order valence-electron chi connectivity index (χ2n) is 8.81. The Kier molecular flexibility index (Phi) is 21.4. The molecule has 0 aliphatic rings. The molecule has 176 valence electrons. The van der Waals surface area contributed by atoms with E-state index in [0.717, 1.165) is 38.5 Å². The van der Waals surface area contributed by atoms with Gasteiger partial charge in [0, 0.05) is 0 Å². The lowest BCUT2D eigenvalue weighted by Crippen LogP contribution is -2.11. The zero-order chi connectivity index (χ0) is 21.6. The molecule has 0 heterocycles. The van der Waals surface area contributed by atoms with Crippen molar-refractivity contribution in [2.45, 2.75) is 155 Å². The van der Waals surface area contributed by atoms with Gasteiger partial charge in [0.2, 0.25) is 0 Å². The summed E-state index contributed by atoms with van der Waals surface area (Å²) < 4.78 is 16.3. The number of phosphoric ester groups is 1. The molecular formula is C24H51O4P. The summed E-state index contributed by atoms with van der Waals surface area (Å²) in [5, 5.41) is 0. The molecule has 0 bridgehead atoms. The number of hydrogen-bond acceptors (Lipinski definition) is 2. The predicted octanol–water partition coefficient (Wildman–Crippen LogP) is 8.70. The largest absolute Gasteiger partial charge is 0.469 e. The molecule has 0 aromatic carbocycles. The van der Waals surface area contributed by atoms with Crippen molar-refractivity contribution in [1.29, 1.82) is 0 Å². The van der Waals surface area contributed by atoms with Crippen molar-refractivity contribution in [1.82, 2.24) is 0 Å². The van der Waals surface area contributed by atoms with E-state index in [1.165, 1.54) is 96.3 Å². The van der Waals surface area contributed by atoms with Gasteiger partial charge in [-0.3, -0.25) is 4.52 Å². The molecule has 1 unspecified atom stereocenters.